The number of nitrogens with two attached hydrogens (primary N) is 2. The summed E-state index contributed by atoms with van der Waals surface area (Å²) in [5.41, 5.74) is 13.9. The van der Waals surface area contributed by atoms with Crippen molar-refractivity contribution in [1.29, 1.82) is 5.26 Å². The van der Waals surface area contributed by atoms with Crippen LogP contribution in [0, 0.1) is 11.3 Å². The van der Waals surface area contributed by atoms with E-state index < -0.39 is 29.0 Å². The number of likely N-dealkylation sites (tertiary alicyclic amines) is 1. The average Bonchev–Trinajstić information content (AvgIpc) is 3.54. The van der Waals surface area contributed by atoms with E-state index in [-0.39, 0.29) is 12.5 Å². The molecule has 41 heavy (non-hydrogen) atoms. The number of carbonyl (C=O) groups excluding carboxylic acids is 3. The van der Waals surface area contributed by atoms with Crippen molar-refractivity contribution in [3.63, 3.8) is 0 Å². The molecule has 5 rings (SSSR count). The highest BCUT2D eigenvalue weighted by molar-refractivity contribution is 5.94. The zero-order valence-electron chi connectivity index (χ0n) is 22.8. The Hall–Kier alpha value is -4.76. The zero-order valence-corrected chi connectivity index (χ0v) is 22.8. The van der Waals surface area contributed by atoms with Crippen LogP contribution in [0.15, 0.2) is 41.2 Å². The van der Waals surface area contributed by atoms with E-state index in [1.165, 1.54) is 4.68 Å². The minimum Gasteiger partial charge on any atom is -0.366 e. The number of nitrogens with zero attached hydrogens (tertiary/aromatic N) is 4. The first-order chi connectivity index (χ1) is 19.6. The van der Waals surface area contributed by atoms with Gasteiger partial charge in [-0.3, -0.25) is 19.4 Å². The van der Waals surface area contributed by atoms with Crippen molar-refractivity contribution in [1.82, 2.24) is 25.0 Å². The quantitative estimate of drug-likeness (QED) is 0.285. The fourth-order valence-electron chi connectivity index (χ4n) is 6.16. The van der Waals surface area contributed by atoms with Gasteiger partial charge in [0.1, 0.15) is 11.9 Å². The van der Waals surface area contributed by atoms with E-state index in [1.54, 1.807) is 36.2 Å². The second-order valence-corrected chi connectivity index (χ2v) is 10.6. The molecule has 0 radical (unpaired) electrons. The first kappa shape index (κ1) is 27.8. The molecule has 2 aliphatic rings. The molecule has 3 amide bonds. The molecule has 1 saturated heterocycles. The van der Waals surface area contributed by atoms with Gasteiger partial charge in [0, 0.05) is 24.7 Å². The topological polar surface area (TPSA) is 193 Å². The molecule has 12 nitrogen and oxygen atoms in total. The fraction of sp³-hybridized carbons (Fsp3) is 0.379. The summed E-state index contributed by atoms with van der Waals surface area (Å²) in [4.78, 5) is 54.2. The van der Waals surface area contributed by atoms with Crippen LogP contribution in [0.25, 0.3) is 0 Å². The van der Waals surface area contributed by atoms with E-state index in [0.29, 0.717) is 55.7 Å². The number of aromatic nitrogens is 3. The molecule has 1 unspecified atom stereocenters. The Morgan fingerprint density at radius 2 is 1.71 bits per heavy atom. The number of hydrogen-bond donors (Lipinski definition) is 4. The third-order valence-corrected chi connectivity index (χ3v) is 8.21. The highest BCUT2D eigenvalue weighted by Gasteiger charge is 2.44. The fourth-order valence-corrected chi connectivity index (χ4v) is 6.16. The highest BCUT2D eigenvalue weighted by Crippen LogP contribution is 2.46. The van der Waals surface area contributed by atoms with Crippen molar-refractivity contribution in [2.45, 2.75) is 43.6 Å². The standard InChI is InChI=1S/C29H32N8O4/c1-36-28(41)34-27(35-36)29(10-11-33-16-24(38)37-12-2-3-21(37)15-30)22-8-6-19(25(31)39)13-17(22)4-5-18-14-20(26(32)40)7-9-23(18)29/h6-9,13-14,21,33H,2-5,10-12,16H2,1H3,(H2,31,39)(H2,32,40)(H,34,35,41). The summed E-state index contributed by atoms with van der Waals surface area (Å²) in [6, 6.07) is 12.3. The zero-order chi connectivity index (χ0) is 29.3. The lowest BCUT2D eigenvalue weighted by Gasteiger charge is -2.35. The molecular weight excluding hydrogens is 524 g/mol. The summed E-state index contributed by atoms with van der Waals surface area (Å²) < 4.78 is 1.23. The maximum absolute atomic E-state index is 12.9. The van der Waals surface area contributed by atoms with Crippen molar-refractivity contribution in [3.8, 4) is 6.07 Å². The van der Waals surface area contributed by atoms with Crippen molar-refractivity contribution in [2.75, 3.05) is 19.6 Å². The van der Waals surface area contributed by atoms with Crippen molar-refractivity contribution in [2.24, 2.45) is 18.5 Å². The molecule has 1 fully saturated rings. The van der Waals surface area contributed by atoms with E-state index in [0.717, 1.165) is 28.7 Å². The molecule has 2 heterocycles. The van der Waals surface area contributed by atoms with Crippen molar-refractivity contribution < 1.29 is 14.4 Å². The second-order valence-electron chi connectivity index (χ2n) is 10.6. The van der Waals surface area contributed by atoms with Crippen LogP contribution in [0.3, 0.4) is 0 Å². The summed E-state index contributed by atoms with van der Waals surface area (Å²) in [6.45, 7) is 0.959. The lowest BCUT2D eigenvalue weighted by Crippen LogP contribution is -2.42. The molecule has 12 heteroatoms. The van der Waals surface area contributed by atoms with Gasteiger partial charge in [-0.25, -0.2) is 9.48 Å². The van der Waals surface area contributed by atoms with Crippen LogP contribution in [0.1, 0.15) is 68.1 Å². The van der Waals surface area contributed by atoms with Gasteiger partial charge in [0.2, 0.25) is 17.7 Å². The molecule has 1 aliphatic carbocycles. The van der Waals surface area contributed by atoms with Gasteiger partial charge < -0.3 is 21.7 Å². The first-order valence-corrected chi connectivity index (χ1v) is 13.6. The lowest BCUT2D eigenvalue weighted by molar-refractivity contribution is -0.130. The Morgan fingerprint density at radius 1 is 1.10 bits per heavy atom. The van der Waals surface area contributed by atoms with Crippen LogP contribution in [-0.4, -0.2) is 63.1 Å². The summed E-state index contributed by atoms with van der Waals surface area (Å²) >= 11 is 0. The maximum atomic E-state index is 12.9. The molecular formula is C29H32N8O4. The molecule has 1 atom stereocenters. The van der Waals surface area contributed by atoms with Crippen LogP contribution < -0.4 is 22.5 Å². The number of aromatic amines is 1. The second kappa shape index (κ2) is 11.0. The molecule has 0 spiro atoms. The van der Waals surface area contributed by atoms with E-state index in [2.05, 4.69) is 21.5 Å². The summed E-state index contributed by atoms with van der Waals surface area (Å²) in [5, 5.41) is 17.2. The number of primary amides is 2. The number of aryl methyl sites for hydroxylation is 3. The Morgan fingerprint density at radius 3 is 2.22 bits per heavy atom. The van der Waals surface area contributed by atoms with Gasteiger partial charge >= 0.3 is 5.69 Å². The molecule has 212 valence electrons. The van der Waals surface area contributed by atoms with Gasteiger partial charge in [-0.2, -0.15) is 10.4 Å². The number of carbonyl (C=O) groups is 3. The van der Waals surface area contributed by atoms with Gasteiger partial charge in [0.05, 0.1) is 18.0 Å². The monoisotopic (exact) mass is 556 g/mol. The number of hydrogen-bond acceptors (Lipinski definition) is 7. The maximum Gasteiger partial charge on any atom is 0.343 e. The summed E-state index contributed by atoms with van der Waals surface area (Å²) in [6.07, 6.45) is 2.93. The Labute approximate surface area is 236 Å². The van der Waals surface area contributed by atoms with E-state index >= 15 is 0 Å². The third kappa shape index (κ3) is 5.00. The summed E-state index contributed by atoms with van der Waals surface area (Å²) in [5.74, 6) is -0.862. The number of nitrogens with one attached hydrogen (secondary N) is 2. The number of nitriles is 1. The van der Waals surface area contributed by atoms with E-state index in [4.69, 9.17) is 11.5 Å². The largest absolute Gasteiger partial charge is 0.366 e. The van der Waals surface area contributed by atoms with Gasteiger partial charge in [0.15, 0.2) is 0 Å². The predicted octanol–water partition coefficient (Wildman–Crippen LogP) is 0.233. The molecule has 0 bridgehead atoms. The molecule has 3 aromatic rings. The van der Waals surface area contributed by atoms with Crippen LogP contribution in [0.4, 0.5) is 0 Å². The average molecular weight is 557 g/mol. The van der Waals surface area contributed by atoms with Crippen LogP contribution in [-0.2, 0) is 30.1 Å². The van der Waals surface area contributed by atoms with Crippen molar-refractivity contribution >= 4 is 17.7 Å². The normalized spacial score (nSPS) is 17.3. The number of amides is 3. The Balaban J connectivity index is 1.60. The first-order valence-electron chi connectivity index (χ1n) is 13.6. The molecule has 0 saturated carbocycles. The van der Waals surface area contributed by atoms with E-state index in [1.807, 2.05) is 12.1 Å². The molecule has 1 aromatic heterocycles. The van der Waals surface area contributed by atoms with Gasteiger partial charge in [-0.05, 0) is 85.2 Å². The predicted molar refractivity (Wildman–Crippen MR) is 149 cm³/mol. The van der Waals surface area contributed by atoms with Crippen LogP contribution in [0.2, 0.25) is 0 Å². The lowest BCUT2D eigenvalue weighted by atomic mass is 9.69. The third-order valence-electron chi connectivity index (χ3n) is 8.21. The van der Waals surface area contributed by atoms with Gasteiger partial charge in [-0.1, -0.05) is 12.1 Å². The van der Waals surface area contributed by atoms with Crippen molar-refractivity contribution in [3.05, 3.63) is 86.1 Å². The van der Waals surface area contributed by atoms with Gasteiger partial charge in [-0.15, -0.1) is 0 Å². The number of H-pyrrole nitrogens is 1. The van der Waals surface area contributed by atoms with Crippen LogP contribution >= 0.6 is 0 Å². The summed E-state index contributed by atoms with van der Waals surface area (Å²) in [7, 11) is 1.56. The smallest absolute Gasteiger partial charge is 0.343 e. The molecule has 6 N–H and O–H groups in total. The highest BCUT2D eigenvalue weighted by atomic mass is 16.2. The molecule has 1 aliphatic heterocycles. The number of fused-ring (bicyclic) bond motifs is 2. The Bertz CT molecular complexity index is 1570. The van der Waals surface area contributed by atoms with Crippen LogP contribution in [0.5, 0.6) is 0 Å². The number of benzene rings is 2. The van der Waals surface area contributed by atoms with E-state index in [9.17, 15) is 24.4 Å². The SMILES string of the molecule is Cn1nc(C2(CCNCC(=O)N3CCCC3C#N)c3ccc(C(N)=O)cc3CCc3cc(C(N)=O)ccc32)[nH]c1=O. The molecule has 2 aromatic carbocycles. The Kier molecular flexibility index (Phi) is 7.47. The minimum atomic E-state index is -1.01. The number of rotatable bonds is 8. The minimum absolute atomic E-state index is 0.0495. The van der Waals surface area contributed by atoms with Gasteiger partial charge in [0.25, 0.3) is 0 Å².